The molecule has 1 atom stereocenters. The molecule has 8 nitrogen and oxygen atoms in total. The zero-order chi connectivity index (χ0) is 17.8. The largest absolute Gasteiger partial charge is 0.347 e. The number of hydrogen-bond donors (Lipinski definition) is 2. The van der Waals surface area contributed by atoms with Crippen LogP contribution in [-0.2, 0) is 6.54 Å². The third kappa shape index (κ3) is 3.85. The predicted molar refractivity (Wildman–Crippen MR) is 97.7 cm³/mol. The van der Waals surface area contributed by atoms with Gasteiger partial charge in [-0.3, -0.25) is 4.90 Å². The normalized spacial score (nSPS) is 18.0. The third-order valence-corrected chi connectivity index (χ3v) is 4.55. The Kier molecular flexibility index (Phi) is 4.83. The van der Waals surface area contributed by atoms with Crippen LogP contribution in [0.5, 0.6) is 0 Å². The van der Waals surface area contributed by atoms with Gasteiger partial charge in [-0.15, -0.1) is 0 Å². The van der Waals surface area contributed by atoms with Gasteiger partial charge in [0.15, 0.2) is 0 Å². The summed E-state index contributed by atoms with van der Waals surface area (Å²) >= 11 is 0. The summed E-state index contributed by atoms with van der Waals surface area (Å²) in [7, 11) is 0. The Hall–Kier alpha value is -2.87. The minimum absolute atomic E-state index is 0.269. The first-order valence-electron chi connectivity index (χ1n) is 8.89. The van der Waals surface area contributed by atoms with Crippen molar-refractivity contribution in [1.29, 1.82) is 0 Å². The maximum atomic E-state index is 4.72. The average molecular weight is 350 g/mol. The van der Waals surface area contributed by atoms with Gasteiger partial charge in [0.25, 0.3) is 0 Å². The van der Waals surface area contributed by atoms with Gasteiger partial charge in [-0.25, -0.2) is 24.9 Å². The second-order valence-corrected chi connectivity index (χ2v) is 6.48. The molecule has 0 bridgehead atoms. The van der Waals surface area contributed by atoms with Gasteiger partial charge in [-0.2, -0.15) is 0 Å². The first kappa shape index (κ1) is 16.6. The first-order chi connectivity index (χ1) is 12.8. The Morgan fingerprint density at radius 3 is 2.92 bits per heavy atom. The Morgan fingerprint density at radius 2 is 2.12 bits per heavy atom. The monoisotopic (exact) mass is 350 g/mol. The standard InChI is InChI=1S/C18H22N8/c1-13-23-15(9-17(24-13)25-18-20-6-4-7-21-18)16-5-2-3-8-26(16)11-14-10-19-12-22-14/h4,6-7,9-10,12,16H,2-3,5,8,11H2,1H3,(H,19,22)(H,20,21,23,24,25)/t16-/m1/s1. The molecule has 1 fully saturated rings. The van der Waals surface area contributed by atoms with Crippen LogP contribution in [0.15, 0.2) is 37.1 Å². The van der Waals surface area contributed by atoms with Crippen LogP contribution in [0.4, 0.5) is 11.8 Å². The molecule has 1 aliphatic heterocycles. The van der Waals surface area contributed by atoms with Crippen molar-refractivity contribution in [2.75, 3.05) is 11.9 Å². The van der Waals surface area contributed by atoms with E-state index in [2.05, 4.69) is 35.1 Å². The molecule has 0 unspecified atom stereocenters. The summed E-state index contributed by atoms with van der Waals surface area (Å²) in [6.07, 6.45) is 10.5. The highest BCUT2D eigenvalue weighted by Crippen LogP contribution is 2.32. The van der Waals surface area contributed by atoms with Crippen molar-refractivity contribution in [1.82, 2.24) is 34.8 Å². The fourth-order valence-electron chi connectivity index (χ4n) is 3.41. The number of rotatable bonds is 5. The van der Waals surface area contributed by atoms with Gasteiger partial charge in [0, 0.05) is 36.9 Å². The van der Waals surface area contributed by atoms with Crippen molar-refractivity contribution in [2.24, 2.45) is 0 Å². The summed E-state index contributed by atoms with van der Waals surface area (Å²) in [5, 5.41) is 3.18. The maximum Gasteiger partial charge on any atom is 0.228 e. The Balaban J connectivity index is 1.58. The van der Waals surface area contributed by atoms with Gasteiger partial charge < -0.3 is 10.3 Å². The average Bonchev–Trinajstić information content (AvgIpc) is 3.16. The highest BCUT2D eigenvalue weighted by atomic mass is 15.2. The van der Waals surface area contributed by atoms with Crippen molar-refractivity contribution in [3.05, 3.63) is 54.3 Å². The smallest absolute Gasteiger partial charge is 0.228 e. The maximum absolute atomic E-state index is 4.72. The Bertz CT molecular complexity index is 834. The fraction of sp³-hybridized carbons (Fsp3) is 0.389. The Morgan fingerprint density at radius 1 is 1.23 bits per heavy atom. The molecular weight excluding hydrogens is 328 g/mol. The van der Waals surface area contributed by atoms with Gasteiger partial charge in [0.2, 0.25) is 5.95 Å². The van der Waals surface area contributed by atoms with Crippen molar-refractivity contribution in [3.63, 3.8) is 0 Å². The summed E-state index contributed by atoms with van der Waals surface area (Å²) in [5.74, 6) is 2.01. The van der Waals surface area contributed by atoms with Gasteiger partial charge in [-0.1, -0.05) is 6.42 Å². The second kappa shape index (κ2) is 7.57. The number of likely N-dealkylation sites (tertiary alicyclic amines) is 1. The van der Waals surface area contributed by atoms with Crippen molar-refractivity contribution in [2.45, 2.75) is 38.8 Å². The van der Waals surface area contributed by atoms with Crippen LogP contribution >= 0.6 is 0 Å². The van der Waals surface area contributed by atoms with Gasteiger partial charge in [0.05, 0.1) is 18.1 Å². The van der Waals surface area contributed by atoms with Gasteiger partial charge >= 0.3 is 0 Å². The van der Waals surface area contributed by atoms with E-state index < -0.39 is 0 Å². The number of nitrogens with zero attached hydrogens (tertiary/aromatic N) is 6. The van der Waals surface area contributed by atoms with Crippen LogP contribution in [-0.4, -0.2) is 41.3 Å². The lowest BCUT2D eigenvalue weighted by molar-refractivity contribution is 0.135. The van der Waals surface area contributed by atoms with E-state index >= 15 is 0 Å². The lowest BCUT2D eigenvalue weighted by Gasteiger charge is -2.35. The molecule has 4 rings (SSSR count). The van der Waals surface area contributed by atoms with E-state index in [-0.39, 0.29) is 6.04 Å². The topological polar surface area (TPSA) is 95.5 Å². The lowest BCUT2D eigenvalue weighted by Crippen LogP contribution is -2.33. The molecular formula is C18H22N8. The molecule has 0 spiro atoms. The molecule has 3 aromatic rings. The summed E-state index contributed by atoms with van der Waals surface area (Å²) in [6, 6.07) is 4.07. The van der Waals surface area contributed by atoms with Crippen molar-refractivity contribution in [3.8, 4) is 0 Å². The van der Waals surface area contributed by atoms with E-state index in [9.17, 15) is 0 Å². The number of aromatic amines is 1. The molecule has 1 saturated heterocycles. The predicted octanol–water partition coefficient (Wildman–Crippen LogP) is 2.77. The van der Waals surface area contributed by atoms with Gasteiger partial charge in [0.1, 0.15) is 11.6 Å². The van der Waals surface area contributed by atoms with Crippen molar-refractivity contribution < 1.29 is 0 Å². The molecule has 0 aromatic carbocycles. The van der Waals surface area contributed by atoms with Gasteiger partial charge in [-0.05, 0) is 32.4 Å². The van der Waals surface area contributed by atoms with Crippen LogP contribution in [0, 0.1) is 6.92 Å². The molecule has 8 heteroatoms. The lowest BCUT2D eigenvalue weighted by atomic mass is 9.98. The molecule has 0 amide bonds. The highest BCUT2D eigenvalue weighted by molar-refractivity contribution is 5.48. The van der Waals surface area contributed by atoms with Crippen LogP contribution in [0.25, 0.3) is 0 Å². The summed E-state index contributed by atoms with van der Waals surface area (Å²) in [4.78, 5) is 27.4. The van der Waals surface area contributed by atoms with Crippen LogP contribution in [0.1, 0.15) is 42.5 Å². The van der Waals surface area contributed by atoms with Crippen molar-refractivity contribution >= 4 is 11.8 Å². The molecule has 0 aliphatic carbocycles. The van der Waals surface area contributed by atoms with E-state index in [0.717, 1.165) is 42.5 Å². The minimum Gasteiger partial charge on any atom is -0.347 e. The number of aromatic nitrogens is 6. The van der Waals surface area contributed by atoms with E-state index in [0.29, 0.717) is 5.95 Å². The molecule has 26 heavy (non-hydrogen) atoms. The quantitative estimate of drug-likeness (QED) is 0.730. The van der Waals surface area contributed by atoms with E-state index in [4.69, 9.17) is 4.98 Å². The summed E-state index contributed by atoms with van der Waals surface area (Å²) < 4.78 is 0. The summed E-state index contributed by atoms with van der Waals surface area (Å²) in [5.41, 5.74) is 2.16. The molecule has 4 heterocycles. The van der Waals surface area contributed by atoms with E-state index in [1.807, 2.05) is 19.2 Å². The number of nitrogens with one attached hydrogen (secondary N) is 2. The number of piperidine rings is 1. The molecule has 2 N–H and O–H groups in total. The molecule has 1 aliphatic rings. The van der Waals surface area contributed by atoms with Crippen LogP contribution < -0.4 is 5.32 Å². The van der Waals surface area contributed by atoms with Crippen LogP contribution in [0.3, 0.4) is 0 Å². The number of H-pyrrole nitrogens is 1. The minimum atomic E-state index is 0.269. The van der Waals surface area contributed by atoms with E-state index in [1.54, 1.807) is 24.8 Å². The zero-order valence-electron chi connectivity index (χ0n) is 14.8. The zero-order valence-corrected chi connectivity index (χ0v) is 14.8. The SMILES string of the molecule is Cc1nc(Nc2ncccn2)cc([C@H]2CCCCN2Cc2cnc[nH]2)n1. The van der Waals surface area contributed by atoms with Crippen LogP contribution in [0.2, 0.25) is 0 Å². The molecule has 0 radical (unpaired) electrons. The number of hydrogen-bond acceptors (Lipinski definition) is 7. The molecule has 3 aromatic heterocycles. The highest BCUT2D eigenvalue weighted by Gasteiger charge is 2.26. The first-order valence-corrected chi connectivity index (χ1v) is 8.89. The number of aryl methyl sites for hydroxylation is 1. The van der Waals surface area contributed by atoms with E-state index in [1.165, 1.54) is 12.8 Å². The molecule has 134 valence electrons. The molecule has 0 saturated carbocycles. The second-order valence-electron chi connectivity index (χ2n) is 6.48. The Labute approximate surface area is 152 Å². The number of anilines is 2. The fourth-order valence-corrected chi connectivity index (χ4v) is 3.41. The third-order valence-electron chi connectivity index (χ3n) is 4.55. The summed E-state index contributed by atoms with van der Waals surface area (Å²) in [6.45, 7) is 3.82. The number of imidazole rings is 1.